The molecule has 0 saturated carbocycles. The maximum atomic E-state index is 4.23. The summed E-state index contributed by atoms with van der Waals surface area (Å²) < 4.78 is 1.98. The van der Waals surface area contributed by atoms with Crippen molar-refractivity contribution >= 4 is 6.08 Å². The lowest BCUT2D eigenvalue weighted by Crippen LogP contribution is -2.26. The van der Waals surface area contributed by atoms with Crippen LogP contribution in [0.4, 0.5) is 0 Å². The molecule has 0 saturated heterocycles. The van der Waals surface area contributed by atoms with Gasteiger partial charge in [0.25, 0.3) is 0 Å². The van der Waals surface area contributed by atoms with Gasteiger partial charge < -0.3 is 0 Å². The Morgan fingerprint density at radius 2 is 1.58 bits per heavy atom. The van der Waals surface area contributed by atoms with Crippen LogP contribution < -0.4 is 9.46 Å². The predicted molar refractivity (Wildman–Crippen MR) is 109 cm³/mol. The van der Waals surface area contributed by atoms with Crippen LogP contribution in [-0.2, 0) is 0 Å². The Kier molecular flexibility index (Phi) is 4.00. The van der Waals surface area contributed by atoms with Gasteiger partial charge in [-0.2, -0.15) is 0 Å². The van der Waals surface area contributed by atoms with Crippen LogP contribution in [0.25, 0.3) is 28.5 Å². The Morgan fingerprint density at radius 3 is 2.35 bits per heavy atom. The Hall–Kier alpha value is -3.06. The molecule has 1 aliphatic rings. The summed E-state index contributed by atoms with van der Waals surface area (Å²) in [4.78, 5) is 0. The molecule has 128 valence electrons. The number of hydrogen-bond donors (Lipinski definition) is 0. The second kappa shape index (κ2) is 6.34. The molecule has 1 heterocycles. The Bertz CT molecular complexity index is 1150. The van der Waals surface area contributed by atoms with Gasteiger partial charge in [-0.3, -0.25) is 0 Å². The lowest BCUT2D eigenvalue weighted by molar-refractivity contribution is -0.486. The number of hydrogen-bond acceptors (Lipinski definition) is 0. The summed E-state index contributed by atoms with van der Waals surface area (Å²) in [7, 11) is 0. The average molecular weight is 337 g/mol. The third-order valence-electron chi connectivity index (χ3n) is 5.27. The summed E-state index contributed by atoms with van der Waals surface area (Å²) in [5.41, 5.74) is 10.0. The number of nitrogens with zero attached hydrogens (tertiary/aromatic N) is 1. The molecular weight excluding hydrogens is 314 g/mol. The SMILES string of the molecule is C=[n+]1ccc2c(c1-c1cc(-c3ccc(C)c(C)c3)ccc1C)[CH-]C=CC=2. The third-order valence-corrected chi connectivity index (χ3v) is 5.27. The van der Waals surface area contributed by atoms with E-state index in [0.717, 1.165) is 5.69 Å². The lowest BCUT2D eigenvalue weighted by Gasteiger charge is -2.17. The normalized spacial score (nSPS) is 12.3. The highest BCUT2D eigenvalue weighted by atomic mass is 14.8. The molecule has 26 heavy (non-hydrogen) atoms. The maximum absolute atomic E-state index is 4.23. The van der Waals surface area contributed by atoms with Crippen LogP contribution in [0.5, 0.6) is 0 Å². The van der Waals surface area contributed by atoms with E-state index in [9.17, 15) is 0 Å². The highest BCUT2D eigenvalue weighted by molar-refractivity contribution is 5.76. The molecule has 0 radical (unpaired) electrons. The van der Waals surface area contributed by atoms with Crippen molar-refractivity contribution in [3.63, 3.8) is 0 Å². The van der Waals surface area contributed by atoms with Gasteiger partial charge >= 0.3 is 0 Å². The van der Waals surface area contributed by atoms with Crippen LogP contribution >= 0.6 is 0 Å². The summed E-state index contributed by atoms with van der Waals surface area (Å²) in [5, 5.41) is 1.23. The van der Waals surface area contributed by atoms with E-state index in [0.29, 0.717) is 0 Å². The van der Waals surface area contributed by atoms with Gasteiger partial charge in [-0.05, 0) is 60.7 Å². The van der Waals surface area contributed by atoms with E-state index in [1.54, 1.807) is 0 Å². The molecule has 0 N–H and O–H groups in total. The lowest BCUT2D eigenvalue weighted by atomic mass is 9.92. The van der Waals surface area contributed by atoms with Gasteiger partial charge in [0.1, 0.15) is 12.4 Å². The molecule has 0 bridgehead atoms. The number of pyridine rings is 1. The first-order valence-corrected chi connectivity index (χ1v) is 8.97. The van der Waals surface area contributed by atoms with Crippen molar-refractivity contribution in [2.45, 2.75) is 20.8 Å². The fraction of sp³-hybridized carbons (Fsp3) is 0.120. The van der Waals surface area contributed by atoms with Crippen LogP contribution in [0.2, 0.25) is 0 Å². The topological polar surface area (TPSA) is 5.90 Å². The standard InChI is InChI=1S/C25H23N/c1-17-9-11-21(15-19(17)3)22-12-10-18(2)24(16-22)25-23-8-6-5-7-20(23)13-14-26(25)4/h5-16H,4H2,1-3H3. The van der Waals surface area contributed by atoms with E-state index in [1.165, 1.54) is 44.2 Å². The van der Waals surface area contributed by atoms with Crippen molar-refractivity contribution in [1.82, 2.24) is 0 Å². The summed E-state index contributed by atoms with van der Waals surface area (Å²) in [6.45, 7) is 10.7. The van der Waals surface area contributed by atoms with Gasteiger partial charge in [0.2, 0.25) is 0 Å². The largest absolute Gasteiger partial charge is 0.214 e. The molecule has 1 heteroatoms. The second-order valence-corrected chi connectivity index (χ2v) is 7.05. The van der Waals surface area contributed by atoms with Gasteiger partial charge in [0, 0.05) is 5.56 Å². The first-order chi connectivity index (χ1) is 12.5. The number of fused-ring (bicyclic) bond motifs is 1. The van der Waals surface area contributed by atoms with E-state index in [-0.39, 0.29) is 0 Å². The van der Waals surface area contributed by atoms with Crippen LogP contribution in [0.15, 0.2) is 60.8 Å². The van der Waals surface area contributed by atoms with E-state index < -0.39 is 0 Å². The fourth-order valence-electron chi connectivity index (χ4n) is 3.53. The first kappa shape index (κ1) is 16.4. The van der Waals surface area contributed by atoms with Crippen LogP contribution in [0, 0.1) is 33.9 Å². The minimum Gasteiger partial charge on any atom is -0.214 e. The molecule has 0 aliphatic heterocycles. The minimum atomic E-state index is 1.16. The van der Waals surface area contributed by atoms with Crippen LogP contribution in [-0.4, -0.2) is 0 Å². The first-order valence-electron chi connectivity index (χ1n) is 8.97. The van der Waals surface area contributed by atoms with Crippen LogP contribution in [0.1, 0.15) is 22.3 Å². The van der Waals surface area contributed by atoms with Crippen molar-refractivity contribution in [2.24, 2.45) is 0 Å². The fourth-order valence-corrected chi connectivity index (χ4v) is 3.53. The van der Waals surface area contributed by atoms with Gasteiger partial charge in [-0.1, -0.05) is 41.1 Å². The molecule has 0 spiro atoms. The van der Waals surface area contributed by atoms with Crippen molar-refractivity contribution in [1.29, 1.82) is 0 Å². The quantitative estimate of drug-likeness (QED) is 0.469. The number of aromatic nitrogens is 1. The van der Waals surface area contributed by atoms with Crippen molar-refractivity contribution in [3.8, 4) is 22.4 Å². The molecule has 0 amide bonds. The zero-order chi connectivity index (χ0) is 18.3. The highest BCUT2D eigenvalue weighted by Crippen LogP contribution is 2.30. The summed E-state index contributed by atoms with van der Waals surface area (Å²) in [6, 6.07) is 15.5. The van der Waals surface area contributed by atoms with Gasteiger partial charge in [-0.15, -0.1) is 24.6 Å². The predicted octanol–water partition coefficient (Wildman–Crippen LogP) is 4.78. The highest BCUT2D eigenvalue weighted by Gasteiger charge is 2.13. The van der Waals surface area contributed by atoms with E-state index in [4.69, 9.17) is 0 Å². The van der Waals surface area contributed by atoms with E-state index >= 15 is 0 Å². The molecule has 0 fully saturated rings. The molecule has 0 atom stereocenters. The Morgan fingerprint density at radius 1 is 0.846 bits per heavy atom. The van der Waals surface area contributed by atoms with Gasteiger partial charge in [-0.25, -0.2) is 4.24 Å². The molecule has 0 unspecified atom stereocenters. The summed E-state index contributed by atoms with van der Waals surface area (Å²) >= 11 is 0. The number of aryl methyl sites for hydroxylation is 3. The number of benzene rings is 2. The number of allylic oxidation sites excluding steroid dienone is 2. The zero-order valence-corrected chi connectivity index (χ0v) is 15.6. The second-order valence-electron chi connectivity index (χ2n) is 7.05. The summed E-state index contributed by atoms with van der Waals surface area (Å²) in [6.07, 6.45) is 10.5. The summed E-state index contributed by atoms with van der Waals surface area (Å²) in [5.74, 6) is 0. The molecule has 1 aliphatic carbocycles. The molecule has 1 aromatic heterocycles. The average Bonchev–Trinajstić information content (AvgIpc) is 2.65. The molecule has 3 aromatic rings. The minimum absolute atomic E-state index is 1.16. The third kappa shape index (κ3) is 2.76. The zero-order valence-electron chi connectivity index (χ0n) is 15.6. The van der Waals surface area contributed by atoms with Gasteiger partial charge in [0.05, 0.1) is 0 Å². The van der Waals surface area contributed by atoms with Crippen LogP contribution in [0.3, 0.4) is 0 Å². The Labute approximate surface area is 155 Å². The number of rotatable bonds is 2. The molecular formula is C25H23N. The van der Waals surface area contributed by atoms with Gasteiger partial charge in [0.15, 0.2) is 6.20 Å². The molecule has 4 rings (SSSR count). The van der Waals surface area contributed by atoms with Crippen molar-refractivity contribution < 1.29 is 4.24 Å². The smallest absolute Gasteiger partial charge is 0.156 e. The van der Waals surface area contributed by atoms with Crippen molar-refractivity contribution in [2.75, 3.05) is 0 Å². The molecule has 2 aromatic carbocycles. The van der Waals surface area contributed by atoms with E-state index in [2.05, 4.69) is 94.6 Å². The van der Waals surface area contributed by atoms with E-state index in [1.807, 2.05) is 10.4 Å². The molecule has 1 nitrogen and oxygen atoms in total. The Balaban J connectivity index is 1.94. The monoisotopic (exact) mass is 337 g/mol. The van der Waals surface area contributed by atoms with Crippen molar-refractivity contribution in [3.05, 3.63) is 101 Å². The maximum Gasteiger partial charge on any atom is 0.156 e.